The van der Waals surface area contributed by atoms with E-state index in [2.05, 4.69) is 10.6 Å². The Morgan fingerprint density at radius 2 is 1.27 bits per heavy atom. The van der Waals surface area contributed by atoms with Gasteiger partial charge >= 0.3 is 0 Å². The third-order valence-corrected chi connectivity index (χ3v) is 3.53. The summed E-state index contributed by atoms with van der Waals surface area (Å²) >= 11 is 0. The summed E-state index contributed by atoms with van der Waals surface area (Å²) in [5.74, 6) is 0.896. The Kier molecular flexibility index (Phi) is 6.99. The fraction of sp³-hybridized carbons (Fsp3) is 0.263. The average molecular weight is 357 g/mol. The summed E-state index contributed by atoms with van der Waals surface area (Å²) in [5.41, 5.74) is 1.28. The molecule has 0 aliphatic carbocycles. The van der Waals surface area contributed by atoms with Gasteiger partial charge in [0.25, 0.3) is 0 Å². The summed E-state index contributed by atoms with van der Waals surface area (Å²) in [5, 5.41) is 5.55. The fourth-order valence-corrected chi connectivity index (χ4v) is 2.35. The van der Waals surface area contributed by atoms with Crippen LogP contribution in [-0.4, -0.2) is 51.1 Å². The van der Waals surface area contributed by atoms with Gasteiger partial charge in [-0.25, -0.2) is 0 Å². The van der Waals surface area contributed by atoms with Crippen molar-refractivity contribution in [2.75, 3.05) is 45.0 Å². The van der Waals surface area contributed by atoms with Crippen LogP contribution in [0.2, 0.25) is 0 Å². The predicted octanol–water partition coefficient (Wildman–Crippen LogP) is 2.21. The lowest BCUT2D eigenvalue weighted by molar-refractivity contribution is -0.119. The summed E-state index contributed by atoms with van der Waals surface area (Å²) in [7, 11) is 4.83. The molecule has 0 atom stereocenters. The summed E-state index contributed by atoms with van der Waals surface area (Å²) < 4.78 is 10.2. The molecule has 0 saturated heterocycles. The number of nitrogens with one attached hydrogen (secondary N) is 2. The molecule has 0 fully saturated rings. The maximum Gasteiger partial charge on any atom is 0.238 e. The van der Waals surface area contributed by atoms with Crippen LogP contribution in [0.4, 0.5) is 11.4 Å². The van der Waals surface area contributed by atoms with Crippen molar-refractivity contribution in [2.24, 2.45) is 0 Å². The van der Waals surface area contributed by atoms with Gasteiger partial charge in [0.2, 0.25) is 11.8 Å². The lowest BCUT2D eigenvalue weighted by Gasteiger charge is -2.16. The first-order valence-electron chi connectivity index (χ1n) is 8.06. The van der Waals surface area contributed by atoms with Crippen molar-refractivity contribution in [1.29, 1.82) is 0 Å². The van der Waals surface area contributed by atoms with Gasteiger partial charge < -0.3 is 20.1 Å². The van der Waals surface area contributed by atoms with E-state index in [1.807, 2.05) is 0 Å². The second-order valence-corrected chi connectivity index (χ2v) is 5.73. The smallest absolute Gasteiger partial charge is 0.238 e. The molecule has 0 spiro atoms. The number of ether oxygens (including phenoxy) is 2. The van der Waals surface area contributed by atoms with Gasteiger partial charge in [-0.2, -0.15) is 0 Å². The van der Waals surface area contributed by atoms with Gasteiger partial charge in [0.15, 0.2) is 0 Å². The summed E-state index contributed by atoms with van der Waals surface area (Å²) in [6.45, 7) is 0.172. The van der Waals surface area contributed by atoms with Crippen molar-refractivity contribution in [2.45, 2.75) is 0 Å². The normalized spacial score (nSPS) is 10.3. The molecular formula is C19H23N3O4. The molecule has 7 nitrogen and oxygen atoms in total. The maximum atomic E-state index is 12.1. The van der Waals surface area contributed by atoms with E-state index in [4.69, 9.17) is 9.47 Å². The van der Waals surface area contributed by atoms with E-state index in [0.717, 1.165) is 0 Å². The highest BCUT2D eigenvalue weighted by molar-refractivity contribution is 5.94. The van der Waals surface area contributed by atoms with Crippen molar-refractivity contribution in [3.8, 4) is 11.5 Å². The minimum atomic E-state index is -0.213. The predicted molar refractivity (Wildman–Crippen MR) is 101 cm³/mol. The van der Waals surface area contributed by atoms with Crippen LogP contribution in [0.1, 0.15) is 0 Å². The summed E-state index contributed by atoms with van der Waals surface area (Å²) in [6.07, 6.45) is 0. The number of nitrogens with zero attached hydrogens (tertiary/aromatic N) is 1. The van der Waals surface area contributed by atoms with Crippen molar-refractivity contribution in [1.82, 2.24) is 4.90 Å². The molecule has 0 aliphatic rings. The average Bonchev–Trinajstić information content (AvgIpc) is 2.61. The van der Waals surface area contributed by atoms with Gasteiger partial charge in [-0.15, -0.1) is 0 Å². The Bertz CT molecular complexity index is 700. The van der Waals surface area contributed by atoms with Gasteiger partial charge in [-0.3, -0.25) is 14.5 Å². The zero-order valence-electron chi connectivity index (χ0n) is 15.1. The minimum Gasteiger partial charge on any atom is -0.497 e. The lowest BCUT2D eigenvalue weighted by Crippen LogP contribution is -2.36. The van der Waals surface area contributed by atoms with Crippen molar-refractivity contribution in [3.63, 3.8) is 0 Å². The van der Waals surface area contributed by atoms with E-state index in [0.29, 0.717) is 22.9 Å². The Labute approximate surface area is 152 Å². The molecule has 138 valence electrons. The maximum absolute atomic E-state index is 12.1. The molecule has 0 bridgehead atoms. The number of hydrogen-bond acceptors (Lipinski definition) is 5. The van der Waals surface area contributed by atoms with E-state index >= 15 is 0 Å². The number of anilines is 2. The molecule has 0 radical (unpaired) electrons. The van der Waals surface area contributed by atoms with E-state index < -0.39 is 0 Å². The van der Waals surface area contributed by atoms with Gasteiger partial charge in [0.1, 0.15) is 11.5 Å². The van der Waals surface area contributed by atoms with Crippen LogP contribution in [0.5, 0.6) is 11.5 Å². The Morgan fingerprint density at radius 1 is 0.846 bits per heavy atom. The molecule has 0 saturated carbocycles. The van der Waals surface area contributed by atoms with Gasteiger partial charge in [-0.05, 0) is 31.3 Å². The third kappa shape index (κ3) is 6.10. The third-order valence-electron chi connectivity index (χ3n) is 3.53. The molecule has 0 aromatic heterocycles. The van der Waals surface area contributed by atoms with Crippen LogP contribution >= 0.6 is 0 Å². The Hall–Kier alpha value is -3.06. The summed E-state index contributed by atoms with van der Waals surface area (Å²) in [4.78, 5) is 25.8. The quantitative estimate of drug-likeness (QED) is 0.757. The van der Waals surface area contributed by atoms with Crippen molar-refractivity contribution < 1.29 is 19.1 Å². The largest absolute Gasteiger partial charge is 0.497 e. The lowest BCUT2D eigenvalue weighted by atomic mass is 10.3. The zero-order chi connectivity index (χ0) is 18.9. The number of benzene rings is 2. The molecule has 2 rings (SSSR count). The van der Waals surface area contributed by atoms with Crippen LogP contribution < -0.4 is 20.1 Å². The van der Waals surface area contributed by atoms with Crippen LogP contribution in [0.3, 0.4) is 0 Å². The number of hydrogen-bond donors (Lipinski definition) is 2. The monoisotopic (exact) mass is 357 g/mol. The molecular weight excluding hydrogens is 334 g/mol. The van der Waals surface area contributed by atoms with Crippen molar-refractivity contribution in [3.05, 3.63) is 48.5 Å². The molecule has 2 amide bonds. The second-order valence-electron chi connectivity index (χ2n) is 5.73. The number of methoxy groups -OCH3 is 2. The fourth-order valence-electron chi connectivity index (χ4n) is 2.35. The first kappa shape index (κ1) is 19.3. The molecule has 2 aromatic carbocycles. The van der Waals surface area contributed by atoms with Crippen LogP contribution in [0.25, 0.3) is 0 Å². The molecule has 2 N–H and O–H groups in total. The van der Waals surface area contributed by atoms with E-state index in [-0.39, 0.29) is 24.9 Å². The Balaban J connectivity index is 1.81. The number of amides is 2. The zero-order valence-corrected chi connectivity index (χ0v) is 15.1. The molecule has 7 heteroatoms. The molecule has 26 heavy (non-hydrogen) atoms. The molecule has 0 heterocycles. The first-order chi connectivity index (χ1) is 12.5. The standard InChI is InChI=1S/C19H23N3O4/c1-22(12-18(23)20-14-6-4-8-16(10-14)25-2)13-19(24)21-15-7-5-9-17(11-15)26-3/h4-11H,12-13H2,1-3H3,(H,20,23)(H,21,24). The highest BCUT2D eigenvalue weighted by Crippen LogP contribution is 2.17. The van der Waals surface area contributed by atoms with E-state index in [9.17, 15) is 9.59 Å². The SMILES string of the molecule is COc1cccc(NC(=O)CN(C)CC(=O)Nc2cccc(OC)c2)c1. The number of likely N-dealkylation sites (N-methyl/N-ethyl adjacent to an activating group) is 1. The molecule has 0 aliphatic heterocycles. The van der Waals surface area contributed by atoms with E-state index in [1.54, 1.807) is 74.7 Å². The molecule has 0 unspecified atom stereocenters. The number of carbonyl (C=O) groups is 2. The second kappa shape index (κ2) is 9.43. The van der Waals surface area contributed by atoms with E-state index in [1.165, 1.54) is 0 Å². The number of rotatable bonds is 8. The topological polar surface area (TPSA) is 79.9 Å². The van der Waals surface area contributed by atoms with Gasteiger partial charge in [0.05, 0.1) is 27.3 Å². The summed E-state index contributed by atoms with van der Waals surface area (Å²) in [6, 6.07) is 14.2. The van der Waals surface area contributed by atoms with Gasteiger partial charge in [0, 0.05) is 23.5 Å². The van der Waals surface area contributed by atoms with Crippen LogP contribution in [-0.2, 0) is 9.59 Å². The number of carbonyl (C=O) groups excluding carboxylic acids is 2. The van der Waals surface area contributed by atoms with Crippen LogP contribution in [0, 0.1) is 0 Å². The molecule has 2 aromatic rings. The van der Waals surface area contributed by atoms with Gasteiger partial charge in [-0.1, -0.05) is 12.1 Å². The van der Waals surface area contributed by atoms with Crippen molar-refractivity contribution >= 4 is 23.2 Å². The van der Waals surface area contributed by atoms with Crippen LogP contribution in [0.15, 0.2) is 48.5 Å². The minimum absolute atomic E-state index is 0.0861. The highest BCUT2D eigenvalue weighted by Gasteiger charge is 2.12. The first-order valence-corrected chi connectivity index (χ1v) is 8.06. The highest BCUT2D eigenvalue weighted by atomic mass is 16.5. The Morgan fingerprint density at radius 3 is 1.65 bits per heavy atom.